The topological polar surface area (TPSA) is 9.23 Å². The third-order valence-corrected chi connectivity index (χ3v) is 1.55. The monoisotopic (exact) mass is 170 g/mol. The second kappa shape index (κ2) is 3.44. The molecule has 58 valence electrons. The Labute approximate surface area is 69.8 Å². The average Bonchev–Trinajstić information content (AvgIpc) is 2.05. The van der Waals surface area contributed by atoms with Crippen LogP contribution in [0.4, 0.5) is 4.39 Å². The van der Waals surface area contributed by atoms with E-state index in [1.807, 2.05) is 0 Å². The summed E-state index contributed by atoms with van der Waals surface area (Å²) in [5.41, 5.74) is 0.417. The van der Waals surface area contributed by atoms with Gasteiger partial charge in [0, 0.05) is 5.56 Å². The zero-order valence-corrected chi connectivity index (χ0v) is 6.82. The van der Waals surface area contributed by atoms with Gasteiger partial charge in [-0.1, -0.05) is 0 Å². The Morgan fingerprint density at radius 1 is 1.36 bits per heavy atom. The van der Waals surface area contributed by atoms with E-state index in [1.54, 1.807) is 31.4 Å². The molecule has 0 spiro atoms. The second-order valence-electron chi connectivity index (χ2n) is 2.00. The summed E-state index contributed by atoms with van der Waals surface area (Å²) in [5, 5.41) is -0.590. The summed E-state index contributed by atoms with van der Waals surface area (Å²) < 4.78 is 17.2. The van der Waals surface area contributed by atoms with Gasteiger partial charge in [-0.25, -0.2) is 0 Å². The normalized spacial score (nSPS) is 9.27. The van der Waals surface area contributed by atoms with Crippen LogP contribution in [0.2, 0.25) is 0 Å². The highest BCUT2D eigenvalue weighted by Crippen LogP contribution is 2.12. The maximum atomic E-state index is 12.4. The van der Waals surface area contributed by atoms with E-state index in [4.69, 9.17) is 4.74 Å². The van der Waals surface area contributed by atoms with Gasteiger partial charge >= 0.3 is 0 Å². The van der Waals surface area contributed by atoms with Gasteiger partial charge in [0.1, 0.15) is 5.75 Å². The van der Waals surface area contributed by atoms with Gasteiger partial charge in [0.25, 0.3) is 0 Å². The van der Waals surface area contributed by atoms with Crippen LogP contribution in [0.25, 0.3) is 0 Å². The smallest absolute Gasteiger partial charge is 0.193 e. The molecule has 0 aliphatic rings. The molecule has 0 aromatic heterocycles. The summed E-state index contributed by atoms with van der Waals surface area (Å²) in [6, 6.07) is 6.50. The van der Waals surface area contributed by atoms with Crippen molar-refractivity contribution in [1.82, 2.24) is 0 Å². The molecular weight excluding hydrogens is 163 g/mol. The molecule has 0 amide bonds. The Morgan fingerprint density at radius 2 is 1.91 bits per heavy atom. The third-order valence-electron chi connectivity index (χ3n) is 1.32. The number of ether oxygens (including phenoxy) is 1. The first-order valence-corrected chi connectivity index (χ1v) is 3.49. The van der Waals surface area contributed by atoms with Crippen LogP contribution >= 0.6 is 12.2 Å². The minimum atomic E-state index is -0.590. The number of hydrogen-bond donors (Lipinski definition) is 0. The van der Waals surface area contributed by atoms with Crippen molar-refractivity contribution in [3.05, 3.63) is 29.8 Å². The summed E-state index contributed by atoms with van der Waals surface area (Å²) in [6.45, 7) is 0. The lowest BCUT2D eigenvalue weighted by molar-refractivity contribution is 0.415. The van der Waals surface area contributed by atoms with Crippen LogP contribution in [0.1, 0.15) is 5.56 Å². The van der Waals surface area contributed by atoms with Crippen LogP contribution in [-0.4, -0.2) is 12.2 Å². The van der Waals surface area contributed by atoms with Gasteiger partial charge in [0.15, 0.2) is 5.12 Å². The van der Waals surface area contributed by atoms with Crippen molar-refractivity contribution in [2.45, 2.75) is 0 Å². The highest BCUT2D eigenvalue weighted by atomic mass is 32.1. The standard InChI is InChI=1S/C8H7FOS/c1-10-7-4-2-6(3-5-7)8(9)11/h2-5H,1H3. The quantitative estimate of drug-likeness (QED) is 0.497. The first-order valence-electron chi connectivity index (χ1n) is 3.08. The number of methoxy groups -OCH3 is 1. The zero-order valence-electron chi connectivity index (χ0n) is 6.00. The predicted octanol–water partition coefficient (Wildman–Crippen LogP) is 2.34. The highest BCUT2D eigenvalue weighted by molar-refractivity contribution is 7.80. The van der Waals surface area contributed by atoms with Crippen molar-refractivity contribution in [3.63, 3.8) is 0 Å². The molecule has 0 saturated carbocycles. The summed E-state index contributed by atoms with van der Waals surface area (Å²) >= 11 is 4.33. The lowest BCUT2D eigenvalue weighted by Gasteiger charge is -1.98. The molecule has 0 unspecified atom stereocenters. The Morgan fingerprint density at radius 3 is 2.27 bits per heavy atom. The first kappa shape index (κ1) is 8.14. The molecule has 1 rings (SSSR count). The predicted molar refractivity (Wildman–Crippen MR) is 45.8 cm³/mol. The van der Waals surface area contributed by atoms with Crippen LogP contribution in [0.3, 0.4) is 0 Å². The van der Waals surface area contributed by atoms with E-state index in [9.17, 15) is 4.39 Å². The van der Waals surface area contributed by atoms with E-state index in [-0.39, 0.29) is 0 Å². The van der Waals surface area contributed by atoms with Gasteiger partial charge in [-0.05, 0) is 36.5 Å². The number of rotatable bonds is 2. The Kier molecular flexibility index (Phi) is 2.54. The molecule has 0 bridgehead atoms. The number of hydrogen-bond acceptors (Lipinski definition) is 2. The minimum absolute atomic E-state index is 0.417. The third kappa shape index (κ3) is 1.98. The van der Waals surface area contributed by atoms with E-state index in [1.165, 1.54) is 0 Å². The minimum Gasteiger partial charge on any atom is -0.497 e. The van der Waals surface area contributed by atoms with Crippen LogP contribution < -0.4 is 4.74 Å². The van der Waals surface area contributed by atoms with E-state index >= 15 is 0 Å². The fourth-order valence-electron chi connectivity index (χ4n) is 0.722. The molecule has 0 fully saturated rings. The van der Waals surface area contributed by atoms with Crippen LogP contribution in [0, 0.1) is 0 Å². The van der Waals surface area contributed by atoms with Gasteiger partial charge in [-0.15, -0.1) is 0 Å². The van der Waals surface area contributed by atoms with E-state index in [0.717, 1.165) is 0 Å². The number of halogens is 1. The van der Waals surface area contributed by atoms with Crippen LogP contribution in [-0.2, 0) is 0 Å². The molecule has 0 heterocycles. The summed E-state index contributed by atoms with van der Waals surface area (Å²) in [4.78, 5) is 0. The molecule has 3 heteroatoms. The SMILES string of the molecule is COc1ccc(C(F)=S)cc1. The van der Waals surface area contributed by atoms with Gasteiger partial charge in [-0.3, -0.25) is 0 Å². The van der Waals surface area contributed by atoms with E-state index in [2.05, 4.69) is 12.2 Å². The molecule has 0 aliphatic carbocycles. The highest BCUT2D eigenvalue weighted by Gasteiger charge is 1.97. The van der Waals surface area contributed by atoms with Crippen molar-refractivity contribution in [1.29, 1.82) is 0 Å². The molecule has 0 atom stereocenters. The molecule has 0 saturated heterocycles. The number of benzene rings is 1. The molecule has 1 aromatic rings. The lowest BCUT2D eigenvalue weighted by atomic mass is 10.2. The fraction of sp³-hybridized carbons (Fsp3) is 0.125. The van der Waals surface area contributed by atoms with Crippen molar-refractivity contribution in [3.8, 4) is 5.75 Å². The second-order valence-corrected chi connectivity index (χ2v) is 2.36. The van der Waals surface area contributed by atoms with Crippen LogP contribution in [0.5, 0.6) is 5.75 Å². The average molecular weight is 170 g/mol. The van der Waals surface area contributed by atoms with Crippen LogP contribution in [0.15, 0.2) is 24.3 Å². The molecule has 1 aromatic carbocycles. The summed E-state index contributed by atoms with van der Waals surface area (Å²) in [7, 11) is 1.56. The fourth-order valence-corrected chi connectivity index (χ4v) is 0.858. The van der Waals surface area contributed by atoms with Gasteiger partial charge < -0.3 is 4.74 Å². The first-order chi connectivity index (χ1) is 5.24. The largest absolute Gasteiger partial charge is 0.497 e. The van der Waals surface area contributed by atoms with Crippen molar-refractivity contribution in [2.24, 2.45) is 0 Å². The molecule has 0 aliphatic heterocycles. The van der Waals surface area contributed by atoms with Crippen molar-refractivity contribution in [2.75, 3.05) is 7.11 Å². The lowest BCUT2D eigenvalue weighted by Crippen LogP contribution is -1.88. The molecule has 11 heavy (non-hydrogen) atoms. The number of thiocarbonyl (C=S) groups is 1. The van der Waals surface area contributed by atoms with Gasteiger partial charge in [-0.2, -0.15) is 4.39 Å². The zero-order chi connectivity index (χ0) is 8.27. The Balaban J connectivity index is 2.91. The van der Waals surface area contributed by atoms with Gasteiger partial charge in [0.05, 0.1) is 7.11 Å². The molecule has 0 N–H and O–H groups in total. The summed E-state index contributed by atoms with van der Waals surface area (Å²) in [5.74, 6) is 0.699. The Bertz CT molecular complexity index is 255. The maximum absolute atomic E-state index is 12.4. The van der Waals surface area contributed by atoms with E-state index < -0.39 is 5.12 Å². The Hall–Kier alpha value is -0.960. The molecule has 1 nitrogen and oxygen atoms in total. The molecular formula is C8H7FOS. The maximum Gasteiger partial charge on any atom is 0.193 e. The van der Waals surface area contributed by atoms with Gasteiger partial charge in [0.2, 0.25) is 0 Å². The van der Waals surface area contributed by atoms with E-state index in [0.29, 0.717) is 11.3 Å². The van der Waals surface area contributed by atoms with Crippen molar-refractivity contribution < 1.29 is 9.13 Å². The summed E-state index contributed by atoms with van der Waals surface area (Å²) in [6.07, 6.45) is 0. The van der Waals surface area contributed by atoms with Crippen molar-refractivity contribution >= 4 is 17.3 Å². The molecule has 0 radical (unpaired) electrons.